The molecule has 0 bridgehead atoms. The topological polar surface area (TPSA) is 102 Å². The van der Waals surface area contributed by atoms with Crippen LogP contribution in [0.4, 0.5) is 5.69 Å². The van der Waals surface area contributed by atoms with Gasteiger partial charge in [0, 0.05) is 57.3 Å². The van der Waals surface area contributed by atoms with Gasteiger partial charge in [0.15, 0.2) is 0 Å². The van der Waals surface area contributed by atoms with E-state index in [-0.39, 0.29) is 12.6 Å². The molecule has 2 aromatic carbocycles. The molecule has 1 saturated heterocycles. The van der Waals surface area contributed by atoms with Crippen molar-refractivity contribution in [3.63, 3.8) is 0 Å². The molecule has 0 amide bonds. The molecule has 35 heavy (non-hydrogen) atoms. The van der Waals surface area contributed by atoms with Crippen LogP contribution in [0, 0.1) is 0 Å². The Hall–Kier alpha value is -3.24. The summed E-state index contributed by atoms with van der Waals surface area (Å²) in [5, 5.41) is 10.4. The lowest BCUT2D eigenvalue weighted by Crippen LogP contribution is -2.50. The van der Waals surface area contributed by atoms with E-state index in [1.807, 2.05) is 35.2 Å². The van der Waals surface area contributed by atoms with Crippen LogP contribution in [0.15, 0.2) is 54.9 Å². The molecule has 0 radical (unpaired) electrons. The van der Waals surface area contributed by atoms with E-state index in [2.05, 4.69) is 39.0 Å². The molecule has 0 saturated carbocycles. The number of fused-ring (bicyclic) bond motifs is 2. The largest absolute Gasteiger partial charge is 0.491 e. The molecule has 1 fully saturated rings. The number of benzene rings is 2. The Morgan fingerprint density at radius 1 is 1.06 bits per heavy atom. The van der Waals surface area contributed by atoms with Gasteiger partial charge in [0.1, 0.15) is 24.5 Å². The van der Waals surface area contributed by atoms with Crippen molar-refractivity contribution < 1.29 is 14.6 Å². The van der Waals surface area contributed by atoms with E-state index in [0.717, 1.165) is 71.9 Å². The van der Waals surface area contributed by atoms with Gasteiger partial charge in [0.2, 0.25) is 0 Å². The van der Waals surface area contributed by atoms with Crippen LogP contribution in [-0.4, -0.2) is 90.2 Å². The molecule has 3 heterocycles. The minimum absolute atomic E-state index is 0.0152. The minimum atomic E-state index is -0.193. The number of hydrogen-bond acceptors (Lipinski definition) is 8. The zero-order chi connectivity index (χ0) is 24.2. The zero-order valence-electron chi connectivity index (χ0n) is 20.0. The third-order valence-corrected chi connectivity index (χ3v) is 6.45. The Balaban J connectivity index is 1.40. The summed E-state index contributed by atoms with van der Waals surface area (Å²) in [7, 11) is 1.66. The molecule has 0 spiro atoms. The highest BCUT2D eigenvalue weighted by atomic mass is 16.5. The van der Waals surface area contributed by atoms with Crippen LogP contribution in [-0.2, 0) is 4.74 Å². The molecule has 9 nitrogen and oxygen atoms in total. The number of anilines is 1. The molecular formula is C26H32N6O3. The number of pyridine rings is 1. The molecule has 3 N–H and O–H groups in total. The van der Waals surface area contributed by atoms with E-state index in [1.165, 1.54) is 0 Å². The quantitative estimate of drug-likeness (QED) is 0.354. The lowest BCUT2D eigenvalue weighted by Gasteiger charge is -2.37. The third-order valence-electron chi connectivity index (χ3n) is 6.45. The van der Waals surface area contributed by atoms with Gasteiger partial charge in [-0.15, -0.1) is 0 Å². The lowest BCUT2D eigenvalue weighted by atomic mass is 10.1. The van der Waals surface area contributed by atoms with Crippen molar-refractivity contribution in [2.24, 2.45) is 5.73 Å². The van der Waals surface area contributed by atoms with Crippen molar-refractivity contribution in [1.82, 2.24) is 19.4 Å². The molecule has 184 valence electrons. The van der Waals surface area contributed by atoms with Crippen LogP contribution in [0.3, 0.4) is 0 Å². The fourth-order valence-corrected chi connectivity index (χ4v) is 4.58. The molecular weight excluding hydrogens is 444 g/mol. The van der Waals surface area contributed by atoms with Gasteiger partial charge in [0.25, 0.3) is 0 Å². The second kappa shape index (κ2) is 10.6. The maximum absolute atomic E-state index is 9.25. The van der Waals surface area contributed by atoms with Crippen LogP contribution < -0.4 is 15.4 Å². The van der Waals surface area contributed by atoms with Crippen molar-refractivity contribution in [3.8, 4) is 11.6 Å². The monoisotopic (exact) mass is 476 g/mol. The molecule has 2 aromatic heterocycles. The highest BCUT2D eigenvalue weighted by molar-refractivity contribution is 5.92. The maximum Gasteiger partial charge on any atom is 0.139 e. The van der Waals surface area contributed by atoms with Crippen molar-refractivity contribution in [2.75, 3.05) is 64.6 Å². The van der Waals surface area contributed by atoms with Crippen LogP contribution in [0.1, 0.15) is 0 Å². The minimum Gasteiger partial charge on any atom is -0.491 e. The average molecular weight is 477 g/mol. The first-order valence-corrected chi connectivity index (χ1v) is 12.0. The number of nitrogens with two attached hydrogens (primary N) is 1. The first-order valence-electron chi connectivity index (χ1n) is 12.0. The summed E-state index contributed by atoms with van der Waals surface area (Å²) < 4.78 is 12.8. The van der Waals surface area contributed by atoms with E-state index in [0.29, 0.717) is 13.2 Å². The molecule has 1 aliphatic rings. The first kappa shape index (κ1) is 23.5. The Kier molecular flexibility index (Phi) is 7.10. The van der Waals surface area contributed by atoms with Crippen LogP contribution in [0.2, 0.25) is 0 Å². The zero-order valence-corrected chi connectivity index (χ0v) is 20.0. The second-order valence-corrected chi connectivity index (χ2v) is 8.85. The third kappa shape index (κ3) is 5.08. The molecule has 4 aromatic rings. The smallest absolute Gasteiger partial charge is 0.139 e. The van der Waals surface area contributed by atoms with Gasteiger partial charge in [0.05, 0.1) is 35.5 Å². The number of aliphatic hydroxyl groups excluding tert-OH is 1. The Bertz CT molecular complexity index is 1280. The summed E-state index contributed by atoms with van der Waals surface area (Å²) in [6.45, 7) is 5.37. The predicted molar refractivity (Wildman–Crippen MR) is 137 cm³/mol. The molecule has 1 atom stereocenters. The Labute approximate surface area is 204 Å². The summed E-state index contributed by atoms with van der Waals surface area (Å²) in [4.78, 5) is 14.4. The normalized spacial score (nSPS) is 15.7. The number of hydrogen-bond donors (Lipinski definition) is 2. The first-order chi connectivity index (χ1) is 17.2. The number of imidazole rings is 1. The number of aliphatic hydroxyl groups is 1. The van der Waals surface area contributed by atoms with Crippen LogP contribution in [0.25, 0.3) is 27.8 Å². The summed E-state index contributed by atoms with van der Waals surface area (Å²) >= 11 is 0. The van der Waals surface area contributed by atoms with Crippen molar-refractivity contribution in [3.05, 3.63) is 54.9 Å². The van der Waals surface area contributed by atoms with Gasteiger partial charge in [-0.3, -0.25) is 9.47 Å². The van der Waals surface area contributed by atoms with Crippen LogP contribution in [0.5, 0.6) is 5.75 Å². The number of nitrogens with zero attached hydrogens (tertiary/aromatic N) is 5. The standard InChI is InChI=1S/C26H32N6O3/c1-34-13-14-35-21-6-7-23-22(15-21)28-18-32(23)25-8-5-19-3-2-4-24(26(19)29-25)31-11-9-30(10-12-31)16-20(27)17-33/h2-8,15,18,20,33H,9-14,16-17,27H2,1H3. The SMILES string of the molecule is COCCOc1ccc2c(c1)ncn2-c1ccc2cccc(N3CCN(CC(N)CO)CC3)c2n1. The van der Waals surface area contributed by atoms with E-state index < -0.39 is 0 Å². The average Bonchev–Trinajstić information content (AvgIpc) is 3.32. The number of para-hydroxylation sites is 1. The molecule has 0 aliphatic carbocycles. The van der Waals surface area contributed by atoms with Crippen molar-refractivity contribution >= 4 is 27.6 Å². The predicted octanol–water partition coefficient (Wildman–Crippen LogP) is 2.04. The summed E-state index contributed by atoms with van der Waals surface area (Å²) in [6, 6.07) is 16.2. The van der Waals surface area contributed by atoms with E-state index in [1.54, 1.807) is 7.11 Å². The number of rotatable bonds is 9. The fraction of sp³-hybridized carbons (Fsp3) is 0.385. The lowest BCUT2D eigenvalue weighted by molar-refractivity contribution is 0.146. The van der Waals surface area contributed by atoms with Gasteiger partial charge < -0.3 is 25.2 Å². The summed E-state index contributed by atoms with van der Waals surface area (Å²) in [5.41, 5.74) is 9.87. The van der Waals surface area contributed by atoms with Gasteiger partial charge in [-0.2, -0.15) is 0 Å². The van der Waals surface area contributed by atoms with Crippen molar-refractivity contribution in [1.29, 1.82) is 0 Å². The van der Waals surface area contributed by atoms with Gasteiger partial charge in [-0.1, -0.05) is 12.1 Å². The number of aromatic nitrogens is 3. The summed E-state index contributed by atoms with van der Waals surface area (Å²) in [6.07, 6.45) is 1.81. The number of ether oxygens (including phenoxy) is 2. The highest BCUT2D eigenvalue weighted by Crippen LogP contribution is 2.29. The van der Waals surface area contributed by atoms with Crippen LogP contribution >= 0.6 is 0 Å². The van der Waals surface area contributed by atoms with Gasteiger partial charge in [-0.05, 0) is 30.3 Å². The fourth-order valence-electron chi connectivity index (χ4n) is 4.58. The molecule has 5 rings (SSSR count). The Morgan fingerprint density at radius 2 is 1.91 bits per heavy atom. The summed E-state index contributed by atoms with van der Waals surface area (Å²) in [5.74, 6) is 1.60. The second-order valence-electron chi connectivity index (χ2n) is 8.85. The van der Waals surface area contributed by atoms with Crippen molar-refractivity contribution in [2.45, 2.75) is 6.04 Å². The molecule has 9 heteroatoms. The van der Waals surface area contributed by atoms with E-state index in [4.69, 9.17) is 20.2 Å². The molecule has 1 unspecified atom stereocenters. The number of piperazine rings is 1. The van der Waals surface area contributed by atoms with E-state index >= 15 is 0 Å². The van der Waals surface area contributed by atoms with Gasteiger partial charge in [-0.25, -0.2) is 9.97 Å². The highest BCUT2D eigenvalue weighted by Gasteiger charge is 2.21. The van der Waals surface area contributed by atoms with Gasteiger partial charge >= 0.3 is 0 Å². The number of methoxy groups -OCH3 is 1. The maximum atomic E-state index is 9.25. The Morgan fingerprint density at radius 3 is 2.71 bits per heavy atom. The van der Waals surface area contributed by atoms with E-state index in [9.17, 15) is 5.11 Å². The molecule has 1 aliphatic heterocycles.